The van der Waals surface area contributed by atoms with Crippen molar-refractivity contribution >= 4 is 17.1 Å². The van der Waals surface area contributed by atoms with Gasteiger partial charge in [0.1, 0.15) is 0 Å². The van der Waals surface area contributed by atoms with E-state index in [1.54, 1.807) is 0 Å². The molecule has 2 heterocycles. The first-order valence-corrected chi connectivity index (χ1v) is 18.1. The van der Waals surface area contributed by atoms with Crippen LogP contribution < -0.4 is 23.8 Å². The van der Waals surface area contributed by atoms with Crippen LogP contribution in [0.2, 0.25) is 0 Å². The molecule has 5 heteroatoms. The molecule has 54 heavy (non-hydrogen) atoms. The van der Waals surface area contributed by atoms with Crippen molar-refractivity contribution in [2.75, 3.05) is 4.90 Å². The summed E-state index contributed by atoms with van der Waals surface area (Å²) in [5, 5.41) is 0. The van der Waals surface area contributed by atoms with Gasteiger partial charge in [0.15, 0.2) is 46.0 Å². The van der Waals surface area contributed by atoms with E-state index in [0.29, 0.717) is 46.0 Å². The van der Waals surface area contributed by atoms with Gasteiger partial charge in [0.05, 0.1) is 16.8 Å². The van der Waals surface area contributed by atoms with Gasteiger partial charge in [-0.2, -0.15) is 0 Å². The van der Waals surface area contributed by atoms with Gasteiger partial charge < -0.3 is 23.8 Å². The Bertz CT molecular complexity index is 2600. The fourth-order valence-electron chi connectivity index (χ4n) is 8.33. The van der Waals surface area contributed by atoms with Gasteiger partial charge in [-0.05, 0) is 94.0 Å². The molecule has 0 spiro atoms. The number of anilines is 3. The van der Waals surface area contributed by atoms with Gasteiger partial charge in [-0.3, -0.25) is 0 Å². The molecule has 0 N–H and O–H groups in total. The number of fused-ring (bicyclic) bond motifs is 7. The van der Waals surface area contributed by atoms with Gasteiger partial charge in [-0.25, -0.2) is 0 Å². The normalized spacial score (nSPS) is 13.6. The lowest BCUT2D eigenvalue weighted by atomic mass is 9.67. The van der Waals surface area contributed by atoms with Gasteiger partial charge in [-0.15, -0.1) is 0 Å². The maximum absolute atomic E-state index is 6.44. The standard InChI is InChI=1S/C49H31NO4/c1-3-13-32(14-4-1)49(33-15-5-2-6-16-33)39-18-8-7-17-37(39)38-26-23-34(29-40(38)49)50(35-24-27-45-47(30-35)53-43-21-11-9-19-41(43)51-45)36-25-28-46-48(31-36)54-44-22-12-10-20-42(44)52-46/h1-31H. The molecule has 11 rings (SSSR count). The van der Waals surface area contributed by atoms with Crippen molar-refractivity contribution in [3.63, 3.8) is 0 Å². The van der Waals surface area contributed by atoms with Gasteiger partial charge >= 0.3 is 0 Å². The molecule has 2 aliphatic heterocycles. The molecule has 0 fully saturated rings. The first-order chi connectivity index (χ1) is 26.7. The molecule has 5 nitrogen and oxygen atoms in total. The van der Waals surface area contributed by atoms with E-state index in [1.807, 2.05) is 72.8 Å². The van der Waals surface area contributed by atoms with Gasteiger partial charge in [0, 0.05) is 17.8 Å². The number of ether oxygens (including phenoxy) is 4. The summed E-state index contributed by atoms with van der Waals surface area (Å²) < 4.78 is 25.4. The molecule has 8 aromatic carbocycles. The van der Waals surface area contributed by atoms with E-state index in [2.05, 4.69) is 120 Å². The van der Waals surface area contributed by atoms with Crippen LogP contribution in [-0.2, 0) is 5.41 Å². The van der Waals surface area contributed by atoms with Crippen molar-refractivity contribution < 1.29 is 18.9 Å². The zero-order valence-electron chi connectivity index (χ0n) is 29.0. The molecule has 8 aromatic rings. The van der Waals surface area contributed by atoms with Crippen LogP contribution in [0.4, 0.5) is 17.1 Å². The molecule has 0 saturated carbocycles. The number of para-hydroxylation sites is 4. The lowest BCUT2D eigenvalue weighted by Gasteiger charge is -2.35. The quantitative estimate of drug-likeness (QED) is 0.179. The minimum atomic E-state index is -0.552. The molecule has 0 amide bonds. The zero-order chi connectivity index (χ0) is 35.6. The van der Waals surface area contributed by atoms with Crippen LogP contribution in [0.15, 0.2) is 188 Å². The van der Waals surface area contributed by atoms with E-state index >= 15 is 0 Å². The Morgan fingerprint density at radius 1 is 0.296 bits per heavy atom. The summed E-state index contributed by atoms with van der Waals surface area (Å²) in [7, 11) is 0. The average Bonchev–Trinajstić information content (AvgIpc) is 3.53. The lowest BCUT2D eigenvalue weighted by Crippen LogP contribution is -2.28. The third-order valence-corrected chi connectivity index (χ3v) is 10.6. The van der Waals surface area contributed by atoms with E-state index < -0.39 is 5.41 Å². The van der Waals surface area contributed by atoms with E-state index in [1.165, 1.54) is 33.4 Å². The second-order valence-electron chi connectivity index (χ2n) is 13.7. The first kappa shape index (κ1) is 30.4. The largest absolute Gasteiger partial charge is 0.450 e. The highest BCUT2D eigenvalue weighted by atomic mass is 16.6. The van der Waals surface area contributed by atoms with Crippen LogP contribution in [0.3, 0.4) is 0 Å². The summed E-state index contributed by atoms with van der Waals surface area (Å²) in [4.78, 5) is 2.25. The van der Waals surface area contributed by atoms with Crippen LogP contribution in [0.5, 0.6) is 46.0 Å². The van der Waals surface area contributed by atoms with Crippen molar-refractivity contribution in [1.29, 1.82) is 0 Å². The fraction of sp³-hybridized carbons (Fsp3) is 0.0204. The summed E-state index contributed by atoms with van der Waals surface area (Å²) in [6, 6.07) is 65.0. The van der Waals surface area contributed by atoms with Crippen molar-refractivity contribution in [3.05, 3.63) is 210 Å². The molecule has 0 bridgehead atoms. The molecular formula is C49H31NO4. The molecule has 3 aliphatic rings. The van der Waals surface area contributed by atoms with Crippen molar-refractivity contribution in [2.45, 2.75) is 5.41 Å². The summed E-state index contributed by atoms with van der Waals surface area (Å²) in [5.41, 5.74) is 9.55. The number of rotatable bonds is 5. The number of benzene rings is 8. The SMILES string of the molecule is c1ccc(C2(c3ccccc3)c3ccccc3-c3ccc(N(c4ccc5c(c4)Oc4ccccc4O5)c4ccc5c(c4)Oc4ccccc4O5)cc32)cc1. The summed E-state index contributed by atoms with van der Waals surface area (Å²) in [6.07, 6.45) is 0. The average molecular weight is 698 g/mol. The third-order valence-electron chi connectivity index (χ3n) is 10.6. The molecule has 0 atom stereocenters. The molecule has 0 unspecified atom stereocenters. The van der Waals surface area contributed by atoms with Crippen molar-refractivity contribution in [3.8, 4) is 57.1 Å². The van der Waals surface area contributed by atoms with E-state index in [0.717, 1.165) is 17.1 Å². The summed E-state index contributed by atoms with van der Waals surface area (Å²) >= 11 is 0. The Kier molecular flexibility index (Phi) is 6.70. The van der Waals surface area contributed by atoms with Crippen LogP contribution in [-0.4, -0.2) is 0 Å². The van der Waals surface area contributed by atoms with Crippen LogP contribution in [0.1, 0.15) is 22.3 Å². The highest BCUT2D eigenvalue weighted by Gasteiger charge is 2.46. The van der Waals surface area contributed by atoms with Crippen LogP contribution >= 0.6 is 0 Å². The second-order valence-corrected chi connectivity index (χ2v) is 13.7. The maximum Gasteiger partial charge on any atom is 0.172 e. The minimum absolute atomic E-state index is 0.552. The Morgan fingerprint density at radius 2 is 0.685 bits per heavy atom. The first-order valence-electron chi connectivity index (χ1n) is 18.1. The maximum atomic E-state index is 6.44. The van der Waals surface area contributed by atoms with E-state index in [4.69, 9.17) is 18.9 Å². The molecule has 0 aromatic heterocycles. The molecular weight excluding hydrogens is 667 g/mol. The zero-order valence-corrected chi connectivity index (χ0v) is 29.0. The van der Waals surface area contributed by atoms with Crippen LogP contribution in [0, 0.1) is 0 Å². The highest BCUT2D eigenvalue weighted by molar-refractivity contribution is 5.90. The van der Waals surface area contributed by atoms with Crippen molar-refractivity contribution in [1.82, 2.24) is 0 Å². The smallest absolute Gasteiger partial charge is 0.172 e. The van der Waals surface area contributed by atoms with Gasteiger partial charge in [-0.1, -0.05) is 115 Å². The number of nitrogens with zero attached hydrogens (tertiary/aromatic N) is 1. The Balaban J connectivity index is 1.13. The third kappa shape index (κ3) is 4.58. The minimum Gasteiger partial charge on any atom is -0.450 e. The van der Waals surface area contributed by atoms with Gasteiger partial charge in [0.2, 0.25) is 0 Å². The lowest BCUT2D eigenvalue weighted by molar-refractivity contribution is 0.359. The highest BCUT2D eigenvalue weighted by Crippen LogP contribution is 2.58. The monoisotopic (exact) mass is 697 g/mol. The Morgan fingerprint density at radius 3 is 1.22 bits per heavy atom. The molecule has 0 saturated heterocycles. The van der Waals surface area contributed by atoms with Crippen LogP contribution in [0.25, 0.3) is 11.1 Å². The summed E-state index contributed by atoms with van der Waals surface area (Å²) in [6.45, 7) is 0. The van der Waals surface area contributed by atoms with Gasteiger partial charge in [0.25, 0.3) is 0 Å². The van der Waals surface area contributed by atoms with Crippen molar-refractivity contribution in [2.24, 2.45) is 0 Å². The van der Waals surface area contributed by atoms with E-state index in [9.17, 15) is 0 Å². The predicted octanol–water partition coefficient (Wildman–Crippen LogP) is 13.3. The second kappa shape index (κ2) is 11.9. The number of hydrogen-bond donors (Lipinski definition) is 0. The molecule has 1 aliphatic carbocycles. The molecule has 0 radical (unpaired) electrons. The summed E-state index contributed by atoms with van der Waals surface area (Å²) in [5.74, 6) is 5.34. The fourth-order valence-corrected chi connectivity index (χ4v) is 8.33. The number of hydrogen-bond acceptors (Lipinski definition) is 5. The topological polar surface area (TPSA) is 40.2 Å². The van der Waals surface area contributed by atoms with E-state index in [-0.39, 0.29) is 0 Å². The molecule has 256 valence electrons. The Labute approximate surface area is 312 Å². The predicted molar refractivity (Wildman–Crippen MR) is 212 cm³/mol. The Hall–Kier alpha value is -7.24.